The number of pyridine rings is 1. The summed E-state index contributed by atoms with van der Waals surface area (Å²) < 4.78 is 11.3. The highest BCUT2D eigenvalue weighted by Gasteiger charge is 2.14. The van der Waals surface area contributed by atoms with Crippen molar-refractivity contribution in [2.45, 2.75) is 26.2 Å². The second-order valence-electron chi connectivity index (χ2n) is 6.08. The Labute approximate surface area is 138 Å². The van der Waals surface area contributed by atoms with Crippen LogP contribution in [0.2, 0.25) is 0 Å². The molecule has 4 heteroatoms. The maximum atomic E-state index is 5.94. The van der Waals surface area contributed by atoms with Gasteiger partial charge >= 0.3 is 0 Å². The second kappa shape index (κ2) is 8.53. The Morgan fingerprint density at radius 3 is 2.57 bits per heavy atom. The molecule has 4 nitrogen and oxygen atoms in total. The molecular weight excluding hydrogens is 288 g/mol. The fourth-order valence-corrected chi connectivity index (χ4v) is 2.43. The topological polar surface area (TPSA) is 57.4 Å². The van der Waals surface area contributed by atoms with Gasteiger partial charge in [0.2, 0.25) is 0 Å². The lowest BCUT2D eigenvalue weighted by Crippen LogP contribution is -2.16. The van der Waals surface area contributed by atoms with Crippen molar-refractivity contribution in [2.75, 3.05) is 20.3 Å². The number of nitrogens with two attached hydrogens (primary N) is 1. The van der Waals surface area contributed by atoms with Crippen LogP contribution in [-0.4, -0.2) is 25.2 Å². The Hall–Kier alpha value is -2.07. The predicted octanol–water partition coefficient (Wildman–Crippen LogP) is 3.41. The SMILES string of the molecule is COc1cc(CC(CN)c2ccccn2)ccc1OCC(C)C. The normalized spacial score (nSPS) is 12.2. The molecule has 0 saturated heterocycles. The van der Waals surface area contributed by atoms with Gasteiger partial charge in [-0.15, -0.1) is 0 Å². The number of hydrogen-bond donors (Lipinski definition) is 1. The van der Waals surface area contributed by atoms with Gasteiger partial charge in [0, 0.05) is 24.4 Å². The summed E-state index contributed by atoms with van der Waals surface area (Å²) in [6, 6.07) is 12.0. The first-order valence-electron chi connectivity index (χ1n) is 8.04. The van der Waals surface area contributed by atoms with Gasteiger partial charge in [-0.25, -0.2) is 0 Å². The molecule has 23 heavy (non-hydrogen) atoms. The van der Waals surface area contributed by atoms with E-state index in [4.69, 9.17) is 15.2 Å². The highest BCUT2D eigenvalue weighted by Crippen LogP contribution is 2.30. The Morgan fingerprint density at radius 1 is 1.13 bits per heavy atom. The van der Waals surface area contributed by atoms with E-state index >= 15 is 0 Å². The van der Waals surface area contributed by atoms with Crippen molar-refractivity contribution in [1.29, 1.82) is 0 Å². The maximum absolute atomic E-state index is 5.94. The van der Waals surface area contributed by atoms with Crippen LogP contribution in [0.25, 0.3) is 0 Å². The van der Waals surface area contributed by atoms with Gasteiger partial charge in [-0.05, 0) is 42.2 Å². The van der Waals surface area contributed by atoms with Crippen LogP contribution >= 0.6 is 0 Å². The molecule has 1 aromatic heterocycles. The number of rotatable bonds is 8. The van der Waals surface area contributed by atoms with Crippen molar-refractivity contribution >= 4 is 0 Å². The van der Waals surface area contributed by atoms with Crippen LogP contribution in [0.1, 0.15) is 31.0 Å². The summed E-state index contributed by atoms with van der Waals surface area (Å²) in [5.41, 5.74) is 8.13. The second-order valence-corrected chi connectivity index (χ2v) is 6.08. The number of hydrogen-bond acceptors (Lipinski definition) is 4. The predicted molar refractivity (Wildman–Crippen MR) is 93.1 cm³/mol. The molecule has 0 aliphatic carbocycles. The molecule has 1 unspecified atom stereocenters. The molecule has 0 amide bonds. The van der Waals surface area contributed by atoms with Gasteiger partial charge < -0.3 is 15.2 Å². The third-order valence-electron chi connectivity index (χ3n) is 3.67. The van der Waals surface area contributed by atoms with E-state index in [1.807, 2.05) is 30.3 Å². The minimum absolute atomic E-state index is 0.198. The van der Waals surface area contributed by atoms with Crippen molar-refractivity contribution in [3.8, 4) is 11.5 Å². The number of aromatic nitrogens is 1. The zero-order valence-corrected chi connectivity index (χ0v) is 14.2. The monoisotopic (exact) mass is 314 g/mol. The van der Waals surface area contributed by atoms with Crippen LogP contribution in [0.5, 0.6) is 11.5 Å². The molecular formula is C19H26N2O2. The molecule has 0 aliphatic rings. The summed E-state index contributed by atoms with van der Waals surface area (Å²) in [6.45, 7) is 5.49. The van der Waals surface area contributed by atoms with E-state index in [2.05, 4.69) is 24.9 Å². The number of ether oxygens (including phenoxy) is 2. The van der Waals surface area contributed by atoms with Crippen LogP contribution < -0.4 is 15.2 Å². The van der Waals surface area contributed by atoms with E-state index in [0.29, 0.717) is 19.1 Å². The van der Waals surface area contributed by atoms with Crippen LogP contribution in [0, 0.1) is 5.92 Å². The van der Waals surface area contributed by atoms with Crippen molar-refractivity contribution < 1.29 is 9.47 Å². The summed E-state index contributed by atoms with van der Waals surface area (Å²) in [6.07, 6.45) is 2.63. The van der Waals surface area contributed by atoms with Crippen LogP contribution in [-0.2, 0) is 6.42 Å². The highest BCUT2D eigenvalue weighted by molar-refractivity contribution is 5.43. The van der Waals surface area contributed by atoms with Gasteiger partial charge in [0.25, 0.3) is 0 Å². The zero-order valence-electron chi connectivity index (χ0n) is 14.2. The van der Waals surface area contributed by atoms with E-state index in [1.54, 1.807) is 13.3 Å². The molecule has 124 valence electrons. The summed E-state index contributed by atoms with van der Waals surface area (Å²) >= 11 is 0. The molecule has 1 heterocycles. The molecule has 2 rings (SSSR count). The minimum Gasteiger partial charge on any atom is -0.493 e. The Balaban J connectivity index is 2.13. The molecule has 0 spiro atoms. The maximum Gasteiger partial charge on any atom is 0.161 e. The van der Waals surface area contributed by atoms with Gasteiger partial charge in [0.05, 0.1) is 13.7 Å². The summed E-state index contributed by atoms with van der Waals surface area (Å²) in [7, 11) is 1.67. The molecule has 0 aliphatic heterocycles. The molecule has 2 N–H and O–H groups in total. The third-order valence-corrected chi connectivity index (χ3v) is 3.67. The molecule has 1 aromatic carbocycles. The van der Waals surface area contributed by atoms with Crippen LogP contribution in [0.4, 0.5) is 0 Å². The summed E-state index contributed by atoms with van der Waals surface area (Å²) in [5, 5.41) is 0. The largest absolute Gasteiger partial charge is 0.493 e. The Kier molecular flexibility index (Phi) is 6.41. The fraction of sp³-hybridized carbons (Fsp3) is 0.421. The average Bonchev–Trinajstić information content (AvgIpc) is 2.58. The molecule has 1 atom stereocenters. The minimum atomic E-state index is 0.198. The number of nitrogens with zero attached hydrogens (tertiary/aromatic N) is 1. The van der Waals surface area contributed by atoms with Gasteiger partial charge in [-0.2, -0.15) is 0 Å². The van der Waals surface area contributed by atoms with Crippen molar-refractivity contribution in [1.82, 2.24) is 4.98 Å². The summed E-state index contributed by atoms with van der Waals surface area (Å²) in [4.78, 5) is 4.42. The van der Waals surface area contributed by atoms with E-state index in [9.17, 15) is 0 Å². The molecule has 2 aromatic rings. The average molecular weight is 314 g/mol. The number of benzene rings is 1. The molecule has 0 fully saturated rings. The quantitative estimate of drug-likeness (QED) is 0.811. The Bertz CT molecular complexity index is 600. The standard InChI is InChI=1S/C19H26N2O2/c1-14(2)13-23-18-8-7-15(11-19(18)22-3)10-16(12-20)17-6-4-5-9-21-17/h4-9,11,14,16H,10,12-13,20H2,1-3H3. The first kappa shape index (κ1) is 17.3. The van der Waals surface area contributed by atoms with E-state index < -0.39 is 0 Å². The lowest BCUT2D eigenvalue weighted by atomic mass is 9.95. The lowest BCUT2D eigenvalue weighted by molar-refractivity contribution is 0.256. The van der Waals surface area contributed by atoms with Crippen LogP contribution in [0.3, 0.4) is 0 Å². The smallest absolute Gasteiger partial charge is 0.161 e. The first-order valence-corrected chi connectivity index (χ1v) is 8.04. The highest BCUT2D eigenvalue weighted by atomic mass is 16.5. The van der Waals surface area contributed by atoms with E-state index in [1.165, 1.54) is 5.56 Å². The molecule has 0 saturated carbocycles. The van der Waals surface area contributed by atoms with Gasteiger partial charge in [-0.1, -0.05) is 26.0 Å². The fourth-order valence-electron chi connectivity index (χ4n) is 2.43. The van der Waals surface area contributed by atoms with Gasteiger partial charge in [0.1, 0.15) is 0 Å². The van der Waals surface area contributed by atoms with Crippen LogP contribution in [0.15, 0.2) is 42.6 Å². The van der Waals surface area contributed by atoms with Crippen molar-refractivity contribution in [3.63, 3.8) is 0 Å². The van der Waals surface area contributed by atoms with E-state index in [0.717, 1.165) is 23.6 Å². The molecule has 0 radical (unpaired) electrons. The lowest BCUT2D eigenvalue weighted by Gasteiger charge is -2.17. The summed E-state index contributed by atoms with van der Waals surface area (Å²) in [5.74, 6) is 2.22. The third kappa shape index (κ3) is 4.96. The Morgan fingerprint density at radius 2 is 1.96 bits per heavy atom. The first-order chi connectivity index (χ1) is 11.1. The zero-order chi connectivity index (χ0) is 16.7. The van der Waals surface area contributed by atoms with Gasteiger partial charge in [-0.3, -0.25) is 4.98 Å². The van der Waals surface area contributed by atoms with Crippen molar-refractivity contribution in [3.05, 3.63) is 53.9 Å². The van der Waals surface area contributed by atoms with E-state index in [-0.39, 0.29) is 5.92 Å². The molecule has 0 bridgehead atoms. The van der Waals surface area contributed by atoms with Gasteiger partial charge in [0.15, 0.2) is 11.5 Å². The number of methoxy groups -OCH3 is 1. The van der Waals surface area contributed by atoms with Crippen molar-refractivity contribution in [2.24, 2.45) is 11.7 Å².